The number of halogens is 1. The quantitative estimate of drug-likeness (QED) is 0.801. The standard InChI is InChI=1S/C17H19ClN4O4S/c18-15-11-12(26-20-15)5-6-16(23)22-9-7-17(8-10-22)19-13-3-1-2-4-14(13)27(24,25)21-17/h1-4,11,19,21H,5-10H2. The first-order valence-corrected chi connectivity index (χ1v) is 10.5. The lowest BCUT2D eigenvalue weighted by Crippen LogP contribution is -2.62. The second-order valence-electron chi connectivity index (χ2n) is 6.81. The topological polar surface area (TPSA) is 105 Å². The maximum Gasteiger partial charge on any atom is 0.244 e. The molecule has 0 atom stereocenters. The van der Waals surface area contributed by atoms with Crippen LogP contribution in [0.15, 0.2) is 39.8 Å². The Bertz CT molecular complexity index is 967. The summed E-state index contributed by atoms with van der Waals surface area (Å²) in [6, 6.07) is 8.43. The number of anilines is 1. The van der Waals surface area contributed by atoms with Gasteiger partial charge in [-0.05, 0) is 12.1 Å². The maximum atomic E-state index is 12.6. The van der Waals surface area contributed by atoms with Crippen LogP contribution in [0.5, 0.6) is 0 Å². The van der Waals surface area contributed by atoms with E-state index in [2.05, 4.69) is 15.2 Å². The van der Waals surface area contributed by atoms with Gasteiger partial charge in [-0.2, -0.15) is 4.72 Å². The van der Waals surface area contributed by atoms with Crippen molar-refractivity contribution in [3.05, 3.63) is 41.2 Å². The Labute approximate surface area is 161 Å². The summed E-state index contributed by atoms with van der Waals surface area (Å²) in [6.07, 6.45) is 1.69. The first-order chi connectivity index (χ1) is 12.9. The number of fused-ring (bicyclic) bond motifs is 1. The SMILES string of the molecule is O=C(CCc1cc(Cl)no1)N1CCC2(CC1)Nc1ccccc1S(=O)(=O)N2. The number of aromatic nitrogens is 1. The predicted octanol–water partition coefficient (Wildman–Crippen LogP) is 1.98. The maximum absolute atomic E-state index is 12.6. The first kappa shape index (κ1) is 18.3. The first-order valence-electron chi connectivity index (χ1n) is 8.67. The lowest BCUT2D eigenvalue weighted by atomic mass is 9.96. The number of rotatable bonds is 3. The number of carbonyl (C=O) groups excluding carboxylic acids is 1. The van der Waals surface area contributed by atoms with Crippen LogP contribution >= 0.6 is 11.6 Å². The molecule has 1 aromatic heterocycles. The van der Waals surface area contributed by atoms with Crippen LogP contribution in [0.4, 0.5) is 5.69 Å². The number of nitrogens with zero attached hydrogens (tertiary/aromatic N) is 2. The van der Waals surface area contributed by atoms with Crippen molar-refractivity contribution < 1.29 is 17.7 Å². The third-order valence-corrected chi connectivity index (χ3v) is 6.74. The van der Waals surface area contributed by atoms with Gasteiger partial charge in [-0.25, -0.2) is 8.42 Å². The molecule has 2 aromatic rings. The minimum atomic E-state index is -3.58. The van der Waals surface area contributed by atoms with Crippen LogP contribution in [0.25, 0.3) is 0 Å². The summed E-state index contributed by atoms with van der Waals surface area (Å²) in [7, 11) is -3.58. The summed E-state index contributed by atoms with van der Waals surface area (Å²) < 4.78 is 32.9. The average Bonchev–Trinajstić information content (AvgIpc) is 3.05. The predicted molar refractivity (Wildman–Crippen MR) is 98.8 cm³/mol. The number of hydrogen-bond donors (Lipinski definition) is 2. The second kappa shape index (κ2) is 6.81. The number of nitrogens with one attached hydrogen (secondary N) is 2. The zero-order chi connectivity index (χ0) is 19.1. The van der Waals surface area contributed by atoms with E-state index in [1.807, 2.05) is 0 Å². The number of para-hydroxylation sites is 1. The zero-order valence-corrected chi connectivity index (χ0v) is 16.0. The van der Waals surface area contributed by atoms with Gasteiger partial charge in [0.2, 0.25) is 15.9 Å². The van der Waals surface area contributed by atoms with E-state index in [4.69, 9.17) is 16.1 Å². The zero-order valence-electron chi connectivity index (χ0n) is 14.4. The number of sulfonamides is 1. The molecule has 4 rings (SSSR count). The van der Waals surface area contributed by atoms with Gasteiger partial charge in [-0.1, -0.05) is 28.9 Å². The van der Waals surface area contributed by atoms with Gasteiger partial charge >= 0.3 is 0 Å². The van der Waals surface area contributed by atoms with Crippen LogP contribution in [0.2, 0.25) is 5.15 Å². The summed E-state index contributed by atoms with van der Waals surface area (Å²) in [5.41, 5.74) is -0.166. The van der Waals surface area contributed by atoms with Gasteiger partial charge in [-0.15, -0.1) is 0 Å². The molecule has 8 nitrogen and oxygen atoms in total. The normalized spacial score (nSPS) is 20.1. The van der Waals surface area contributed by atoms with E-state index in [1.54, 1.807) is 35.2 Å². The number of benzene rings is 1. The van der Waals surface area contributed by atoms with Crippen molar-refractivity contribution in [3.63, 3.8) is 0 Å². The minimum absolute atomic E-state index is 0.00330. The van der Waals surface area contributed by atoms with Gasteiger partial charge in [0.05, 0.1) is 5.69 Å². The van der Waals surface area contributed by atoms with E-state index in [1.165, 1.54) is 0 Å². The highest BCUT2D eigenvalue weighted by atomic mass is 35.5. The van der Waals surface area contributed by atoms with Crippen molar-refractivity contribution in [2.75, 3.05) is 18.4 Å². The summed E-state index contributed by atoms with van der Waals surface area (Å²) in [4.78, 5) is 14.4. The highest BCUT2D eigenvalue weighted by Crippen LogP contribution is 2.34. The van der Waals surface area contributed by atoms with Crippen LogP contribution in [-0.2, 0) is 21.2 Å². The van der Waals surface area contributed by atoms with Gasteiger partial charge in [0, 0.05) is 44.8 Å². The molecule has 0 aliphatic carbocycles. The largest absolute Gasteiger partial charge is 0.365 e. The molecular weight excluding hydrogens is 392 g/mol. The van der Waals surface area contributed by atoms with Crippen molar-refractivity contribution >= 4 is 33.2 Å². The highest BCUT2D eigenvalue weighted by molar-refractivity contribution is 7.89. The number of hydrogen-bond acceptors (Lipinski definition) is 6. The molecule has 0 unspecified atom stereocenters. The Morgan fingerprint density at radius 3 is 2.74 bits per heavy atom. The molecular formula is C17H19ClN4O4S. The van der Waals surface area contributed by atoms with E-state index < -0.39 is 15.7 Å². The van der Waals surface area contributed by atoms with Gasteiger partial charge in [0.1, 0.15) is 16.3 Å². The van der Waals surface area contributed by atoms with Gasteiger partial charge < -0.3 is 14.7 Å². The Hall–Kier alpha value is -2.10. The molecule has 0 saturated carbocycles. The van der Waals surface area contributed by atoms with Crippen molar-refractivity contribution in [3.8, 4) is 0 Å². The summed E-state index contributed by atoms with van der Waals surface area (Å²) in [5.74, 6) is 0.566. The van der Waals surface area contributed by atoms with E-state index in [0.29, 0.717) is 50.2 Å². The van der Waals surface area contributed by atoms with Crippen molar-refractivity contribution in [2.24, 2.45) is 0 Å². The number of piperidine rings is 1. The third-order valence-electron chi connectivity index (χ3n) is 4.97. The Morgan fingerprint density at radius 1 is 1.30 bits per heavy atom. The van der Waals surface area contributed by atoms with Crippen molar-refractivity contribution in [2.45, 2.75) is 36.2 Å². The summed E-state index contributed by atoms with van der Waals surface area (Å²) in [5, 5.41) is 7.18. The van der Waals surface area contributed by atoms with Crippen LogP contribution in [0, 0.1) is 0 Å². The number of aryl methyl sites for hydroxylation is 1. The van der Waals surface area contributed by atoms with Crippen molar-refractivity contribution in [1.82, 2.24) is 14.8 Å². The smallest absolute Gasteiger partial charge is 0.244 e. The number of amides is 1. The molecule has 3 heterocycles. The molecule has 1 spiro atoms. The molecule has 2 N–H and O–H groups in total. The Balaban J connectivity index is 1.39. The average molecular weight is 411 g/mol. The second-order valence-corrected chi connectivity index (χ2v) is 8.84. The summed E-state index contributed by atoms with van der Waals surface area (Å²) >= 11 is 5.70. The lowest BCUT2D eigenvalue weighted by Gasteiger charge is -2.45. The van der Waals surface area contributed by atoms with Gasteiger partial charge in [0.25, 0.3) is 0 Å². The molecule has 2 aliphatic heterocycles. The lowest BCUT2D eigenvalue weighted by molar-refractivity contribution is -0.132. The monoisotopic (exact) mass is 410 g/mol. The minimum Gasteiger partial charge on any atom is -0.365 e. The fourth-order valence-electron chi connectivity index (χ4n) is 3.56. The van der Waals surface area contributed by atoms with Crippen LogP contribution < -0.4 is 10.0 Å². The van der Waals surface area contributed by atoms with E-state index >= 15 is 0 Å². The van der Waals surface area contributed by atoms with Crippen LogP contribution in [0.1, 0.15) is 25.0 Å². The van der Waals surface area contributed by atoms with E-state index in [9.17, 15) is 13.2 Å². The molecule has 1 amide bonds. The van der Waals surface area contributed by atoms with Crippen LogP contribution in [0.3, 0.4) is 0 Å². The van der Waals surface area contributed by atoms with Gasteiger partial charge in [0.15, 0.2) is 5.15 Å². The summed E-state index contributed by atoms with van der Waals surface area (Å²) in [6.45, 7) is 0.932. The molecule has 1 saturated heterocycles. The Morgan fingerprint density at radius 2 is 2.04 bits per heavy atom. The molecule has 1 aromatic carbocycles. The molecule has 1 fully saturated rings. The number of carbonyl (C=O) groups is 1. The molecule has 27 heavy (non-hydrogen) atoms. The molecule has 0 radical (unpaired) electrons. The molecule has 0 bridgehead atoms. The van der Waals surface area contributed by atoms with Crippen molar-refractivity contribution in [1.29, 1.82) is 0 Å². The molecule has 2 aliphatic rings. The Kier molecular flexibility index (Phi) is 4.61. The fourth-order valence-corrected chi connectivity index (χ4v) is 5.26. The fraction of sp³-hybridized carbons (Fsp3) is 0.412. The van der Waals surface area contributed by atoms with E-state index in [-0.39, 0.29) is 16.0 Å². The number of likely N-dealkylation sites (tertiary alicyclic amines) is 1. The van der Waals surface area contributed by atoms with Gasteiger partial charge in [-0.3, -0.25) is 4.79 Å². The molecule has 144 valence electrons. The van der Waals surface area contributed by atoms with Crippen LogP contribution in [-0.4, -0.2) is 43.1 Å². The van der Waals surface area contributed by atoms with E-state index in [0.717, 1.165) is 0 Å². The third kappa shape index (κ3) is 3.67. The molecule has 10 heteroatoms. The highest BCUT2D eigenvalue weighted by Gasteiger charge is 2.43.